The summed E-state index contributed by atoms with van der Waals surface area (Å²) in [5, 5.41) is 8.70. The minimum atomic E-state index is -1.10. The van der Waals surface area contributed by atoms with Crippen molar-refractivity contribution < 1.29 is 33.6 Å². The van der Waals surface area contributed by atoms with Crippen molar-refractivity contribution in [2.24, 2.45) is 0 Å². The lowest BCUT2D eigenvalue weighted by atomic mass is 10.1. The zero-order chi connectivity index (χ0) is 20.4. The molecule has 2 rings (SSSR count). The molecular formula is C21H22O7. The molecule has 0 aliphatic heterocycles. The molecule has 2 aromatic rings. The summed E-state index contributed by atoms with van der Waals surface area (Å²) >= 11 is 0. The normalized spacial score (nSPS) is 10.6. The van der Waals surface area contributed by atoms with Gasteiger partial charge in [-0.2, -0.15) is 0 Å². The van der Waals surface area contributed by atoms with Crippen LogP contribution in [0, 0.1) is 0 Å². The number of hydrogen-bond acceptors (Lipinski definition) is 6. The largest absolute Gasteiger partial charge is 0.493 e. The molecule has 0 bridgehead atoms. The average molecular weight is 386 g/mol. The number of allylic oxidation sites excluding steroid dienone is 1. The second-order valence-corrected chi connectivity index (χ2v) is 5.66. The third kappa shape index (κ3) is 6.44. The Morgan fingerprint density at radius 3 is 2.54 bits per heavy atom. The van der Waals surface area contributed by atoms with Crippen molar-refractivity contribution in [3.05, 3.63) is 59.7 Å². The summed E-state index contributed by atoms with van der Waals surface area (Å²) in [6, 6.07) is 11.9. The summed E-state index contributed by atoms with van der Waals surface area (Å²) < 4.78 is 20.8. The van der Waals surface area contributed by atoms with E-state index >= 15 is 0 Å². The summed E-state index contributed by atoms with van der Waals surface area (Å²) in [6.45, 7) is 0.442. The van der Waals surface area contributed by atoms with E-state index in [1.807, 2.05) is 24.3 Å². The second kappa shape index (κ2) is 10.7. The van der Waals surface area contributed by atoms with Crippen molar-refractivity contribution in [1.82, 2.24) is 0 Å². The topological polar surface area (TPSA) is 91.3 Å². The molecule has 0 saturated heterocycles. The predicted molar refractivity (Wildman–Crippen MR) is 103 cm³/mol. The van der Waals surface area contributed by atoms with Gasteiger partial charge in [0.2, 0.25) is 0 Å². The van der Waals surface area contributed by atoms with Gasteiger partial charge < -0.3 is 24.1 Å². The first kappa shape index (κ1) is 21.0. The van der Waals surface area contributed by atoms with Crippen molar-refractivity contribution in [1.29, 1.82) is 0 Å². The van der Waals surface area contributed by atoms with Gasteiger partial charge >= 0.3 is 5.97 Å². The molecule has 7 nitrogen and oxygen atoms in total. The van der Waals surface area contributed by atoms with Crippen LogP contribution in [0.3, 0.4) is 0 Å². The summed E-state index contributed by atoms with van der Waals surface area (Å²) in [6.07, 6.45) is 3.13. The van der Waals surface area contributed by atoms with E-state index < -0.39 is 12.6 Å². The fourth-order valence-corrected chi connectivity index (χ4v) is 2.30. The van der Waals surface area contributed by atoms with Gasteiger partial charge in [0.1, 0.15) is 12.4 Å². The van der Waals surface area contributed by atoms with Crippen molar-refractivity contribution in [2.45, 2.75) is 0 Å². The Hall–Kier alpha value is -3.32. The molecule has 0 unspecified atom stereocenters. The quantitative estimate of drug-likeness (QED) is 0.360. The third-order valence-electron chi connectivity index (χ3n) is 3.64. The highest BCUT2D eigenvalue weighted by Gasteiger charge is 2.11. The molecular weight excluding hydrogens is 364 g/mol. The van der Waals surface area contributed by atoms with Crippen molar-refractivity contribution in [2.75, 3.05) is 34.0 Å². The smallest absolute Gasteiger partial charge is 0.341 e. The highest BCUT2D eigenvalue weighted by molar-refractivity contribution is 6.07. The first-order chi connectivity index (χ1) is 13.5. The Morgan fingerprint density at radius 1 is 1.00 bits per heavy atom. The van der Waals surface area contributed by atoms with Crippen LogP contribution in [0.1, 0.15) is 15.9 Å². The number of benzene rings is 2. The predicted octanol–water partition coefficient (Wildman–Crippen LogP) is 3.08. The Kier molecular flexibility index (Phi) is 8.05. The maximum Gasteiger partial charge on any atom is 0.341 e. The van der Waals surface area contributed by atoms with Gasteiger partial charge in [-0.1, -0.05) is 18.2 Å². The molecule has 0 heterocycles. The van der Waals surface area contributed by atoms with Crippen LogP contribution < -0.4 is 14.2 Å². The molecule has 0 fully saturated rings. The lowest BCUT2D eigenvalue weighted by Crippen LogP contribution is -2.10. The molecule has 0 amide bonds. The fraction of sp³-hybridized carbons (Fsp3) is 0.238. The number of aliphatic carboxylic acids is 1. The number of hydrogen-bond donors (Lipinski definition) is 1. The summed E-state index contributed by atoms with van der Waals surface area (Å²) in [7, 11) is 3.02. The minimum Gasteiger partial charge on any atom is -0.493 e. The van der Waals surface area contributed by atoms with Crippen LogP contribution in [0.15, 0.2) is 48.5 Å². The van der Waals surface area contributed by atoms with Crippen LogP contribution in [0.5, 0.6) is 17.2 Å². The first-order valence-corrected chi connectivity index (χ1v) is 8.50. The van der Waals surface area contributed by atoms with Crippen molar-refractivity contribution >= 4 is 17.8 Å². The maximum atomic E-state index is 12.4. The van der Waals surface area contributed by atoms with Gasteiger partial charge in [0.05, 0.1) is 13.7 Å². The van der Waals surface area contributed by atoms with Crippen LogP contribution in [0.25, 0.3) is 6.08 Å². The highest BCUT2D eigenvalue weighted by Crippen LogP contribution is 2.28. The molecule has 0 aliphatic carbocycles. The van der Waals surface area contributed by atoms with Crippen LogP contribution in [0.2, 0.25) is 0 Å². The number of carboxylic acid groups (broad SMARTS) is 1. The Morgan fingerprint density at radius 2 is 1.82 bits per heavy atom. The lowest BCUT2D eigenvalue weighted by molar-refractivity contribution is -0.139. The second-order valence-electron chi connectivity index (χ2n) is 5.66. The molecule has 1 N–H and O–H groups in total. The molecule has 2 aromatic carbocycles. The number of rotatable bonds is 11. The highest BCUT2D eigenvalue weighted by atomic mass is 16.5. The standard InChI is InChI=1S/C21H22O7/c1-25-10-11-27-17-5-3-4-15(12-17)6-8-18(22)16-7-9-19(20(13-16)26-2)28-14-21(23)24/h3-9,12-13H,10-11,14H2,1-2H3,(H,23,24)/b8-6+. The van der Waals surface area contributed by atoms with Gasteiger partial charge in [-0.3, -0.25) is 4.79 Å². The molecule has 0 saturated carbocycles. The van der Waals surface area contributed by atoms with Gasteiger partial charge in [0.25, 0.3) is 0 Å². The number of carboxylic acids is 1. The van der Waals surface area contributed by atoms with E-state index in [-0.39, 0.29) is 17.3 Å². The Bertz CT molecular complexity index is 842. The number of ketones is 1. The number of methoxy groups -OCH3 is 2. The SMILES string of the molecule is COCCOc1cccc(/C=C/C(=O)c2ccc(OCC(=O)O)c(OC)c2)c1. The van der Waals surface area contributed by atoms with E-state index in [4.69, 9.17) is 24.1 Å². The number of carbonyl (C=O) groups excluding carboxylic acids is 1. The van der Waals surface area contributed by atoms with E-state index in [1.165, 1.54) is 25.3 Å². The molecule has 0 aliphatic rings. The van der Waals surface area contributed by atoms with Crippen LogP contribution in [0.4, 0.5) is 0 Å². The van der Waals surface area contributed by atoms with Crippen LogP contribution in [-0.4, -0.2) is 50.9 Å². The minimum absolute atomic E-state index is 0.228. The zero-order valence-corrected chi connectivity index (χ0v) is 15.7. The van der Waals surface area contributed by atoms with Crippen LogP contribution in [-0.2, 0) is 9.53 Å². The van der Waals surface area contributed by atoms with E-state index in [1.54, 1.807) is 19.3 Å². The number of carbonyl (C=O) groups is 2. The van der Waals surface area contributed by atoms with Gasteiger partial charge in [-0.25, -0.2) is 4.79 Å². The van der Waals surface area contributed by atoms with Gasteiger partial charge in [0.15, 0.2) is 23.9 Å². The lowest BCUT2D eigenvalue weighted by Gasteiger charge is -2.10. The average Bonchev–Trinajstić information content (AvgIpc) is 2.70. The summed E-state index contributed by atoms with van der Waals surface area (Å²) in [5.74, 6) is -0.0963. The van der Waals surface area contributed by atoms with E-state index in [9.17, 15) is 9.59 Å². The molecule has 0 spiro atoms. The van der Waals surface area contributed by atoms with E-state index in [0.717, 1.165) is 5.56 Å². The summed E-state index contributed by atoms with van der Waals surface area (Å²) in [4.78, 5) is 23.1. The van der Waals surface area contributed by atoms with Crippen molar-refractivity contribution in [3.63, 3.8) is 0 Å². The molecule has 0 aromatic heterocycles. The molecule has 7 heteroatoms. The Balaban J connectivity index is 2.07. The first-order valence-electron chi connectivity index (χ1n) is 8.50. The Labute approximate surface area is 163 Å². The van der Waals surface area contributed by atoms with E-state index in [2.05, 4.69) is 0 Å². The van der Waals surface area contributed by atoms with E-state index in [0.29, 0.717) is 24.5 Å². The fourth-order valence-electron chi connectivity index (χ4n) is 2.30. The summed E-state index contributed by atoms with van der Waals surface area (Å²) in [5.41, 5.74) is 1.21. The maximum absolute atomic E-state index is 12.4. The molecule has 0 radical (unpaired) electrons. The molecule has 28 heavy (non-hydrogen) atoms. The number of ether oxygens (including phenoxy) is 4. The van der Waals surface area contributed by atoms with Crippen LogP contribution >= 0.6 is 0 Å². The van der Waals surface area contributed by atoms with Gasteiger partial charge in [0, 0.05) is 12.7 Å². The van der Waals surface area contributed by atoms with Crippen molar-refractivity contribution in [3.8, 4) is 17.2 Å². The zero-order valence-electron chi connectivity index (χ0n) is 15.7. The molecule has 0 atom stereocenters. The third-order valence-corrected chi connectivity index (χ3v) is 3.64. The van der Waals surface area contributed by atoms with Gasteiger partial charge in [-0.05, 0) is 42.0 Å². The van der Waals surface area contributed by atoms with Gasteiger partial charge in [-0.15, -0.1) is 0 Å². The monoisotopic (exact) mass is 386 g/mol. The molecule has 148 valence electrons.